The van der Waals surface area contributed by atoms with Crippen molar-refractivity contribution in [2.75, 3.05) is 18.5 Å². The van der Waals surface area contributed by atoms with Gasteiger partial charge in [0.1, 0.15) is 0 Å². The summed E-state index contributed by atoms with van der Waals surface area (Å²) in [6, 6.07) is 1.76. The first-order valence-electron chi connectivity index (χ1n) is 9.29. The molecule has 148 valence electrons. The molecule has 1 aromatic carbocycles. The van der Waals surface area contributed by atoms with Crippen LogP contribution in [0.3, 0.4) is 0 Å². The van der Waals surface area contributed by atoms with Gasteiger partial charge in [-0.2, -0.15) is 0 Å². The average molecular weight is 384 g/mol. The van der Waals surface area contributed by atoms with Crippen molar-refractivity contribution in [3.8, 4) is 0 Å². The Morgan fingerprint density at radius 2 is 1.63 bits per heavy atom. The Kier molecular flexibility index (Phi) is 6.36. The zero-order chi connectivity index (χ0) is 19.4. The van der Waals surface area contributed by atoms with Crippen LogP contribution in [0, 0.1) is 29.3 Å². The maximum absolute atomic E-state index is 13.7. The molecule has 1 saturated carbocycles. The number of hydrogen-bond donors (Lipinski definition) is 2. The molecule has 0 spiro atoms. The number of carbonyl (C=O) groups is 2. The second kappa shape index (κ2) is 8.73. The van der Waals surface area contributed by atoms with Crippen molar-refractivity contribution in [1.29, 1.82) is 0 Å². The van der Waals surface area contributed by atoms with Gasteiger partial charge in [0, 0.05) is 25.0 Å². The summed E-state index contributed by atoms with van der Waals surface area (Å²) in [6.45, 7) is 1.24. The first-order valence-corrected chi connectivity index (χ1v) is 9.29. The second-order valence-electron chi connectivity index (χ2n) is 7.14. The van der Waals surface area contributed by atoms with Crippen molar-refractivity contribution >= 4 is 17.5 Å². The Morgan fingerprint density at radius 1 is 0.963 bits per heavy atom. The van der Waals surface area contributed by atoms with Crippen LogP contribution in [0.4, 0.5) is 18.9 Å². The van der Waals surface area contributed by atoms with Crippen LogP contribution < -0.4 is 10.6 Å². The highest BCUT2D eigenvalue weighted by Gasteiger charge is 2.31. The van der Waals surface area contributed by atoms with Gasteiger partial charge in [0.2, 0.25) is 11.8 Å². The van der Waals surface area contributed by atoms with Gasteiger partial charge in [-0.15, -0.1) is 0 Å². The van der Waals surface area contributed by atoms with E-state index in [9.17, 15) is 22.8 Å². The summed E-state index contributed by atoms with van der Waals surface area (Å²) in [5, 5.41) is 5.22. The highest BCUT2D eigenvalue weighted by molar-refractivity contribution is 5.93. The molecule has 0 radical (unpaired) electrons. The summed E-state index contributed by atoms with van der Waals surface area (Å²) in [6.07, 6.45) is 4.12. The van der Waals surface area contributed by atoms with Gasteiger partial charge in [-0.1, -0.05) is 0 Å². The highest BCUT2D eigenvalue weighted by Crippen LogP contribution is 2.30. The predicted octanol–water partition coefficient (Wildman–Crippen LogP) is 3.14. The lowest BCUT2D eigenvalue weighted by Gasteiger charge is -2.27. The SMILES string of the molecule is O=C(NCC1CCCO1)C1CCC(C(=O)Nc2ccc(F)c(F)c2F)CC1. The maximum atomic E-state index is 13.7. The molecule has 1 unspecified atom stereocenters. The third-order valence-corrected chi connectivity index (χ3v) is 5.29. The molecular weight excluding hydrogens is 361 g/mol. The Bertz CT molecular complexity index is 700. The summed E-state index contributed by atoms with van der Waals surface area (Å²) < 4.78 is 45.4. The highest BCUT2D eigenvalue weighted by atomic mass is 19.2. The minimum Gasteiger partial charge on any atom is -0.376 e. The van der Waals surface area contributed by atoms with Gasteiger partial charge in [-0.3, -0.25) is 9.59 Å². The van der Waals surface area contributed by atoms with Crippen molar-refractivity contribution in [3.05, 3.63) is 29.6 Å². The third kappa shape index (κ3) is 4.80. The van der Waals surface area contributed by atoms with Crippen molar-refractivity contribution in [2.24, 2.45) is 11.8 Å². The molecule has 1 heterocycles. The van der Waals surface area contributed by atoms with Gasteiger partial charge in [-0.05, 0) is 50.7 Å². The molecule has 5 nitrogen and oxygen atoms in total. The summed E-state index contributed by atoms with van der Waals surface area (Å²) in [5.41, 5.74) is -0.379. The van der Waals surface area contributed by atoms with Gasteiger partial charge >= 0.3 is 0 Å². The number of hydrogen-bond acceptors (Lipinski definition) is 3. The van der Waals surface area contributed by atoms with Gasteiger partial charge < -0.3 is 15.4 Å². The van der Waals surface area contributed by atoms with E-state index in [0.717, 1.165) is 31.6 Å². The molecule has 27 heavy (non-hydrogen) atoms. The summed E-state index contributed by atoms with van der Waals surface area (Å²) in [7, 11) is 0. The monoisotopic (exact) mass is 384 g/mol. The standard InChI is InChI=1S/C19H23F3N2O3/c20-14-7-8-15(17(22)16(14)21)24-19(26)12-5-3-11(4-6-12)18(25)23-10-13-2-1-9-27-13/h7-8,11-13H,1-6,9-10H2,(H,23,25)(H,24,26). The molecule has 0 bridgehead atoms. The molecule has 2 N–H and O–H groups in total. The molecular formula is C19H23F3N2O3. The predicted molar refractivity (Wildman–Crippen MR) is 92.4 cm³/mol. The zero-order valence-corrected chi connectivity index (χ0v) is 14.9. The molecule has 1 saturated heterocycles. The molecule has 1 atom stereocenters. The minimum atomic E-state index is -1.61. The lowest BCUT2D eigenvalue weighted by atomic mass is 9.81. The lowest BCUT2D eigenvalue weighted by molar-refractivity contribution is -0.128. The van der Waals surface area contributed by atoms with E-state index < -0.39 is 23.4 Å². The number of halogens is 3. The van der Waals surface area contributed by atoms with Crippen molar-refractivity contribution in [3.63, 3.8) is 0 Å². The second-order valence-corrected chi connectivity index (χ2v) is 7.14. The van der Waals surface area contributed by atoms with E-state index in [-0.39, 0.29) is 29.5 Å². The fraction of sp³-hybridized carbons (Fsp3) is 0.579. The number of ether oxygens (including phenoxy) is 1. The Labute approximate surface area is 155 Å². The summed E-state index contributed by atoms with van der Waals surface area (Å²) in [5.74, 6) is -5.35. The van der Waals surface area contributed by atoms with E-state index in [2.05, 4.69) is 10.6 Å². The molecule has 2 fully saturated rings. The van der Waals surface area contributed by atoms with Gasteiger partial charge in [-0.25, -0.2) is 13.2 Å². The Balaban J connectivity index is 1.46. The van der Waals surface area contributed by atoms with E-state index in [4.69, 9.17) is 4.74 Å². The van der Waals surface area contributed by atoms with Crippen LogP contribution in [0.1, 0.15) is 38.5 Å². The van der Waals surface area contributed by atoms with E-state index >= 15 is 0 Å². The van der Waals surface area contributed by atoms with E-state index in [1.54, 1.807) is 0 Å². The number of benzene rings is 1. The molecule has 1 aliphatic carbocycles. The number of rotatable bonds is 5. The van der Waals surface area contributed by atoms with Crippen LogP contribution in [0.2, 0.25) is 0 Å². The summed E-state index contributed by atoms with van der Waals surface area (Å²) >= 11 is 0. The molecule has 8 heteroatoms. The van der Waals surface area contributed by atoms with Crippen molar-refractivity contribution < 1.29 is 27.5 Å². The van der Waals surface area contributed by atoms with Crippen LogP contribution in [0.15, 0.2) is 12.1 Å². The quantitative estimate of drug-likeness (QED) is 0.767. The fourth-order valence-electron chi connectivity index (χ4n) is 3.64. The fourth-order valence-corrected chi connectivity index (χ4v) is 3.64. The number of carbonyl (C=O) groups excluding carboxylic acids is 2. The van der Waals surface area contributed by atoms with Gasteiger partial charge in [0.25, 0.3) is 0 Å². The molecule has 1 aromatic rings. The topological polar surface area (TPSA) is 67.4 Å². The largest absolute Gasteiger partial charge is 0.376 e. The number of anilines is 1. The molecule has 0 aromatic heterocycles. The molecule has 1 aliphatic heterocycles. The van der Waals surface area contributed by atoms with Crippen LogP contribution in [-0.4, -0.2) is 31.1 Å². The maximum Gasteiger partial charge on any atom is 0.227 e. The van der Waals surface area contributed by atoms with Gasteiger partial charge in [0.05, 0.1) is 11.8 Å². The van der Waals surface area contributed by atoms with Crippen LogP contribution >= 0.6 is 0 Å². The third-order valence-electron chi connectivity index (χ3n) is 5.29. The van der Waals surface area contributed by atoms with Crippen LogP contribution in [-0.2, 0) is 14.3 Å². The van der Waals surface area contributed by atoms with E-state index in [1.165, 1.54) is 0 Å². The first kappa shape index (κ1) is 19.7. The summed E-state index contributed by atoms with van der Waals surface area (Å²) in [4.78, 5) is 24.5. The first-order chi connectivity index (χ1) is 13.0. The molecule has 2 amide bonds. The van der Waals surface area contributed by atoms with Crippen molar-refractivity contribution in [1.82, 2.24) is 5.32 Å². The number of amides is 2. The Morgan fingerprint density at radius 3 is 2.26 bits per heavy atom. The van der Waals surface area contributed by atoms with E-state index in [0.29, 0.717) is 32.2 Å². The van der Waals surface area contributed by atoms with E-state index in [1.807, 2.05) is 0 Å². The normalized spacial score (nSPS) is 25.2. The Hall–Kier alpha value is -2.09. The smallest absolute Gasteiger partial charge is 0.227 e. The number of nitrogens with one attached hydrogen (secondary N) is 2. The van der Waals surface area contributed by atoms with Crippen molar-refractivity contribution in [2.45, 2.75) is 44.6 Å². The lowest BCUT2D eigenvalue weighted by Crippen LogP contribution is -2.38. The molecule has 2 aliphatic rings. The zero-order valence-electron chi connectivity index (χ0n) is 14.9. The van der Waals surface area contributed by atoms with Crippen LogP contribution in [0.5, 0.6) is 0 Å². The molecule has 3 rings (SSSR count). The van der Waals surface area contributed by atoms with Gasteiger partial charge in [0.15, 0.2) is 17.5 Å². The average Bonchev–Trinajstić information content (AvgIpc) is 3.20. The minimum absolute atomic E-state index is 0.0315. The van der Waals surface area contributed by atoms with Crippen LogP contribution in [0.25, 0.3) is 0 Å².